The van der Waals surface area contributed by atoms with Crippen LogP contribution in [-0.2, 0) is 4.79 Å². The van der Waals surface area contributed by atoms with Crippen molar-refractivity contribution < 1.29 is 9.90 Å². The SMILES string of the molecule is CC1CCN(C(C)C(N)C(=O)O)C1. The normalized spacial score (nSPS) is 28.7. The molecule has 3 atom stereocenters. The van der Waals surface area contributed by atoms with Gasteiger partial charge < -0.3 is 10.8 Å². The molecule has 0 aliphatic carbocycles. The predicted molar refractivity (Wildman–Crippen MR) is 50.4 cm³/mol. The second-order valence-corrected chi connectivity index (χ2v) is 3.99. The zero-order chi connectivity index (χ0) is 10.0. The zero-order valence-corrected chi connectivity index (χ0v) is 8.23. The number of hydrogen-bond acceptors (Lipinski definition) is 3. The van der Waals surface area contributed by atoms with Crippen LogP contribution in [0.3, 0.4) is 0 Å². The van der Waals surface area contributed by atoms with E-state index in [0.717, 1.165) is 19.5 Å². The van der Waals surface area contributed by atoms with Gasteiger partial charge in [0.1, 0.15) is 6.04 Å². The molecule has 0 radical (unpaired) electrons. The zero-order valence-electron chi connectivity index (χ0n) is 8.23. The number of hydrogen-bond donors (Lipinski definition) is 2. The Morgan fingerprint density at radius 3 is 2.69 bits per heavy atom. The third kappa shape index (κ3) is 2.42. The minimum absolute atomic E-state index is 0.0533. The van der Waals surface area contributed by atoms with Gasteiger partial charge in [-0.25, -0.2) is 0 Å². The lowest BCUT2D eigenvalue weighted by Crippen LogP contribution is -2.49. The lowest BCUT2D eigenvalue weighted by atomic mass is 10.1. The number of nitrogens with zero attached hydrogens (tertiary/aromatic N) is 1. The smallest absolute Gasteiger partial charge is 0.322 e. The summed E-state index contributed by atoms with van der Waals surface area (Å²) >= 11 is 0. The lowest BCUT2D eigenvalue weighted by Gasteiger charge is -2.26. The van der Waals surface area contributed by atoms with Gasteiger partial charge in [0, 0.05) is 12.6 Å². The molecule has 0 spiro atoms. The van der Waals surface area contributed by atoms with E-state index in [4.69, 9.17) is 10.8 Å². The maximum Gasteiger partial charge on any atom is 0.322 e. The summed E-state index contributed by atoms with van der Waals surface area (Å²) in [5.74, 6) is -0.240. The van der Waals surface area contributed by atoms with Gasteiger partial charge in [0.05, 0.1) is 0 Å². The van der Waals surface area contributed by atoms with E-state index in [1.807, 2.05) is 6.92 Å². The highest BCUT2D eigenvalue weighted by Gasteiger charge is 2.29. The van der Waals surface area contributed by atoms with Crippen LogP contribution in [0.15, 0.2) is 0 Å². The Labute approximate surface area is 78.7 Å². The Kier molecular flexibility index (Phi) is 3.27. The molecule has 0 bridgehead atoms. The summed E-state index contributed by atoms with van der Waals surface area (Å²) in [6, 6.07) is -0.812. The quantitative estimate of drug-likeness (QED) is 0.657. The van der Waals surface area contributed by atoms with Gasteiger partial charge in [-0.3, -0.25) is 9.69 Å². The first-order valence-corrected chi connectivity index (χ1v) is 4.74. The molecular weight excluding hydrogens is 168 g/mol. The van der Waals surface area contributed by atoms with Gasteiger partial charge in [-0.2, -0.15) is 0 Å². The molecule has 3 unspecified atom stereocenters. The van der Waals surface area contributed by atoms with E-state index in [2.05, 4.69) is 11.8 Å². The molecule has 76 valence electrons. The summed E-state index contributed by atoms with van der Waals surface area (Å²) in [5.41, 5.74) is 5.54. The fourth-order valence-corrected chi connectivity index (χ4v) is 1.77. The summed E-state index contributed by atoms with van der Waals surface area (Å²) in [4.78, 5) is 12.8. The number of carboxylic acid groups (broad SMARTS) is 1. The second-order valence-electron chi connectivity index (χ2n) is 3.99. The molecule has 1 fully saturated rings. The van der Waals surface area contributed by atoms with E-state index in [0.29, 0.717) is 5.92 Å². The summed E-state index contributed by atoms with van der Waals surface area (Å²) in [5, 5.41) is 8.73. The average Bonchev–Trinajstić information content (AvgIpc) is 2.49. The summed E-state index contributed by atoms with van der Waals surface area (Å²) in [6.07, 6.45) is 1.15. The molecule has 1 aliphatic heterocycles. The van der Waals surface area contributed by atoms with Crippen LogP contribution >= 0.6 is 0 Å². The maximum atomic E-state index is 10.6. The van der Waals surface area contributed by atoms with Crippen molar-refractivity contribution in [3.8, 4) is 0 Å². The molecule has 1 saturated heterocycles. The van der Waals surface area contributed by atoms with Gasteiger partial charge in [0.15, 0.2) is 0 Å². The minimum atomic E-state index is -0.910. The molecule has 0 aromatic heterocycles. The van der Waals surface area contributed by atoms with E-state index in [1.165, 1.54) is 0 Å². The first-order valence-electron chi connectivity index (χ1n) is 4.74. The fourth-order valence-electron chi connectivity index (χ4n) is 1.77. The molecule has 4 nitrogen and oxygen atoms in total. The van der Waals surface area contributed by atoms with Crippen molar-refractivity contribution >= 4 is 5.97 Å². The van der Waals surface area contributed by atoms with Crippen LogP contribution < -0.4 is 5.73 Å². The van der Waals surface area contributed by atoms with Crippen molar-refractivity contribution in [1.29, 1.82) is 0 Å². The number of carboxylic acids is 1. The fraction of sp³-hybridized carbons (Fsp3) is 0.889. The van der Waals surface area contributed by atoms with Crippen molar-refractivity contribution in [2.24, 2.45) is 11.7 Å². The maximum absolute atomic E-state index is 10.6. The van der Waals surface area contributed by atoms with Crippen molar-refractivity contribution in [1.82, 2.24) is 4.90 Å². The molecule has 4 heteroatoms. The highest BCUT2D eigenvalue weighted by molar-refractivity contribution is 5.74. The Bertz CT molecular complexity index is 196. The third-order valence-electron chi connectivity index (χ3n) is 2.84. The van der Waals surface area contributed by atoms with Crippen LogP contribution in [0, 0.1) is 5.92 Å². The summed E-state index contributed by atoms with van der Waals surface area (Å²) < 4.78 is 0. The van der Waals surface area contributed by atoms with Crippen molar-refractivity contribution in [3.63, 3.8) is 0 Å². The molecule has 0 saturated carbocycles. The minimum Gasteiger partial charge on any atom is -0.480 e. The molecule has 1 rings (SSSR count). The summed E-state index contributed by atoms with van der Waals surface area (Å²) in [6.45, 7) is 6.02. The van der Waals surface area contributed by atoms with Crippen LogP contribution in [0.2, 0.25) is 0 Å². The van der Waals surface area contributed by atoms with Gasteiger partial charge in [0.25, 0.3) is 0 Å². The van der Waals surface area contributed by atoms with E-state index < -0.39 is 12.0 Å². The van der Waals surface area contributed by atoms with Gasteiger partial charge in [-0.15, -0.1) is 0 Å². The van der Waals surface area contributed by atoms with Crippen LogP contribution in [-0.4, -0.2) is 41.1 Å². The number of nitrogens with two attached hydrogens (primary N) is 1. The van der Waals surface area contributed by atoms with E-state index in [-0.39, 0.29) is 6.04 Å². The first-order chi connectivity index (χ1) is 6.02. The van der Waals surface area contributed by atoms with Crippen LogP contribution in [0.25, 0.3) is 0 Å². The molecule has 1 aliphatic rings. The molecular formula is C9H18N2O2. The Morgan fingerprint density at radius 2 is 2.31 bits per heavy atom. The number of carbonyl (C=O) groups is 1. The van der Waals surface area contributed by atoms with E-state index in [9.17, 15) is 4.79 Å². The van der Waals surface area contributed by atoms with Crippen molar-refractivity contribution in [2.45, 2.75) is 32.4 Å². The first kappa shape index (κ1) is 10.5. The van der Waals surface area contributed by atoms with Crippen LogP contribution in [0.5, 0.6) is 0 Å². The molecule has 1 heterocycles. The standard InChI is InChI=1S/C9H18N2O2/c1-6-3-4-11(5-6)7(2)8(10)9(12)13/h6-8H,3-5,10H2,1-2H3,(H,12,13). The Morgan fingerprint density at radius 1 is 1.69 bits per heavy atom. The van der Waals surface area contributed by atoms with Crippen LogP contribution in [0.4, 0.5) is 0 Å². The van der Waals surface area contributed by atoms with Crippen molar-refractivity contribution in [2.75, 3.05) is 13.1 Å². The van der Waals surface area contributed by atoms with Crippen molar-refractivity contribution in [3.05, 3.63) is 0 Å². The lowest BCUT2D eigenvalue weighted by molar-refractivity contribution is -0.140. The van der Waals surface area contributed by atoms with E-state index in [1.54, 1.807) is 0 Å². The Hall–Kier alpha value is -0.610. The van der Waals surface area contributed by atoms with Crippen LogP contribution in [0.1, 0.15) is 20.3 Å². The van der Waals surface area contributed by atoms with Gasteiger partial charge in [0.2, 0.25) is 0 Å². The largest absolute Gasteiger partial charge is 0.480 e. The number of rotatable bonds is 3. The van der Waals surface area contributed by atoms with Gasteiger partial charge >= 0.3 is 5.97 Å². The number of aliphatic carboxylic acids is 1. The third-order valence-corrected chi connectivity index (χ3v) is 2.84. The van der Waals surface area contributed by atoms with Gasteiger partial charge in [-0.1, -0.05) is 6.92 Å². The molecule has 0 aromatic rings. The monoisotopic (exact) mass is 186 g/mol. The molecule has 13 heavy (non-hydrogen) atoms. The number of likely N-dealkylation sites (tertiary alicyclic amines) is 1. The average molecular weight is 186 g/mol. The summed E-state index contributed by atoms with van der Waals surface area (Å²) in [7, 11) is 0. The Balaban J connectivity index is 2.47. The topological polar surface area (TPSA) is 66.6 Å². The van der Waals surface area contributed by atoms with Gasteiger partial charge in [-0.05, 0) is 25.8 Å². The highest BCUT2D eigenvalue weighted by atomic mass is 16.4. The van der Waals surface area contributed by atoms with E-state index >= 15 is 0 Å². The highest BCUT2D eigenvalue weighted by Crippen LogP contribution is 2.18. The molecule has 3 N–H and O–H groups in total. The molecule has 0 amide bonds. The second kappa shape index (κ2) is 4.07. The molecule has 0 aromatic carbocycles. The predicted octanol–water partition coefficient (Wildman–Crippen LogP) is 0.129.